The van der Waals surface area contributed by atoms with Crippen molar-refractivity contribution in [3.05, 3.63) is 108 Å². The molecule has 2 heteroatoms. The van der Waals surface area contributed by atoms with Gasteiger partial charge in [-0.15, -0.1) is 5.01 Å². The van der Waals surface area contributed by atoms with Gasteiger partial charge in [0.1, 0.15) is 13.1 Å². The summed E-state index contributed by atoms with van der Waals surface area (Å²) in [4.78, 5) is 0. The third kappa shape index (κ3) is 5.79. The molecular weight excluding hydrogens is 352 g/mol. The van der Waals surface area contributed by atoms with Gasteiger partial charge in [0, 0.05) is 11.1 Å². The van der Waals surface area contributed by atoms with Gasteiger partial charge >= 0.3 is 0 Å². The van der Waals surface area contributed by atoms with Crippen LogP contribution in [0, 0.1) is 0 Å². The van der Waals surface area contributed by atoms with Crippen LogP contribution in [0.3, 0.4) is 0 Å². The smallest absolute Gasteiger partial charge is 0.121 e. The fourth-order valence-electron chi connectivity index (χ4n) is 4.60. The Morgan fingerprint density at radius 1 is 0.586 bits per heavy atom. The second-order valence-corrected chi connectivity index (χ2v) is 8.30. The van der Waals surface area contributed by atoms with Gasteiger partial charge in [0.15, 0.2) is 0 Å². The van der Waals surface area contributed by atoms with E-state index in [0.29, 0.717) is 6.04 Å². The molecule has 0 saturated heterocycles. The molecule has 3 aromatic carbocycles. The molecule has 1 aliphatic rings. The fraction of sp³-hybridized carbons (Fsp3) is 0.333. The number of quaternary nitrogens is 1. The lowest BCUT2D eigenvalue weighted by atomic mass is 9.94. The van der Waals surface area contributed by atoms with Crippen molar-refractivity contribution in [2.24, 2.45) is 0 Å². The van der Waals surface area contributed by atoms with E-state index in [1.165, 1.54) is 48.8 Å². The van der Waals surface area contributed by atoms with E-state index >= 15 is 0 Å². The monoisotopic (exact) mass is 385 g/mol. The van der Waals surface area contributed by atoms with Crippen LogP contribution in [0.5, 0.6) is 0 Å². The molecule has 1 N–H and O–H groups in total. The number of nitrogens with zero attached hydrogens (tertiary/aromatic N) is 1. The Hall–Kier alpha value is -2.42. The van der Waals surface area contributed by atoms with Crippen LogP contribution in [0.2, 0.25) is 0 Å². The summed E-state index contributed by atoms with van der Waals surface area (Å²) in [5.41, 5.74) is 4.23. The molecule has 0 aliphatic heterocycles. The molecule has 1 saturated carbocycles. The minimum absolute atomic E-state index is 0.659. The van der Waals surface area contributed by atoms with Crippen molar-refractivity contribution in [1.82, 2.24) is 5.01 Å². The van der Waals surface area contributed by atoms with Crippen LogP contribution in [0.1, 0.15) is 48.8 Å². The van der Waals surface area contributed by atoms with Crippen LogP contribution < -0.4 is 5.01 Å². The van der Waals surface area contributed by atoms with Gasteiger partial charge in [0.2, 0.25) is 0 Å². The SMILES string of the molecule is c1ccc(CN(C2CCCCC2)[NH+](Cc2ccccc2)Cc2ccccc2)cc1. The van der Waals surface area contributed by atoms with Gasteiger partial charge in [-0.3, -0.25) is 0 Å². The Morgan fingerprint density at radius 3 is 1.52 bits per heavy atom. The van der Waals surface area contributed by atoms with E-state index in [1.807, 2.05) is 0 Å². The quantitative estimate of drug-likeness (QED) is 0.535. The number of rotatable bonds is 8. The van der Waals surface area contributed by atoms with Gasteiger partial charge in [-0.25, -0.2) is 5.01 Å². The van der Waals surface area contributed by atoms with Crippen LogP contribution in [-0.2, 0) is 19.6 Å². The third-order valence-corrected chi connectivity index (χ3v) is 6.12. The predicted molar refractivity (Wildman–Crippen MR) is 120 cm³/mol. The largest absolute Gasteiger partial charge is 0.247 e. The van der Waals surface area contributed by atoms with E-state index in [-0.39, 0.29) is 0 Å². The van der Waals surface area contributed by atoms with Crippen molar-refractivity contribution in [3.8, 4) is 0 Å². The lowest BCUT2D eigenvalue weighted by Gasteiger charge is -2.39. The van der Waals surface area contributed by atoms with E-state index in [4.69, 9.17) is 0 Å². The summed E-state index contributed by atoms with van der Waals surface area (Å²) in [5.74, 6) is 0. The molecule has 4 rings (SSSR count). The zero-order valence-corrected chi connectivity index (χ0v) is 17.3. The van der Waals surface area contributed by atoms with Gasteiger partial charge in [-0.2, -0.15) is 0 Å². The van der Waals surface area contributed by atoms with Gasteiger partial charge in [0.25, 0.3) is 0 Å². The highest BCUT2D eigenvalue weighted by atomic mass is 15.6. The van der Waals surface area contributed by atoms with Crippen LogP contribution in [0.25, 0.3) is 0 Å². The molecule has 150 valence electrons. The normalized spacial score (nSPS) is 15.1. The second kappa shape index (κ2) is 10.4. The molecule has 0 unspecified atom stereocenters. The Morgan fingerprint density at radius 2 is 1.03 bits per heavy atom. The van der Waals surface area contributed by atoms with Crippen molar-refractivity contribution in [3.63, 3.8) is 0 Å². The zero-order chi connectivity index (χ0) is 19.7. The maximum atomic E-state index is 2.76. The van der Waals surface area contributed by atoms with E-state index < -0.39 is 0 Å². The van der Waals surface area contributed by atoms with Gasteiger partial charge in [-0.1, -0.05) is 110 Å². The van der Waals surface area contributed by atoms with Crippen LogP contribution in [-0.4, -0.2) is 11.1 Å². The molecule has 29 heavy (non-hydrogen) atoms. The molecule has 0 spiro atoms. The summed E-state index contributed by atoms with van der Waals surface area (Å²) in [6.45, 7) is 3.07. The minimum Gasteiger partial charge on any atom is -0.247 e. The Balaban J connectivity index is 1.63. The second-order valence-electron chi connectivity index (χ2n) is 8.30. The number of nitrogens with one attached hydrogen (secondary N) is 1. The third-order valence-electron chi connectivity index (χ3n) is 6.12. The molecule has 1 aliphatic carbocycles. The lowest BCUT2D eigenvalue weighted by Crippen LogP contribution is -3.16. The van der Waals surface area contributed by atoms with Crippen LogP contribution >= 0.6 is 0 Å². The summed E-state index contributed by atoms with van der Waals surface area (Å²) in [5, 5.41) is 4.31. The topological polar surface area (TPSA) is 7.68 Å². The first kappa shape index (κ1) is 19.9. The molecular formula is C27H33N2+. The summed E-state index contributed by atoms with van der Waals surface area (Å²) in [6.07, 6.45) is 6.75. The molecule has 0 heterocycles. The van der Waals surface area contributed by atoms with E-state index in [0.717, 1.165) is 19.6 Å². The average Bonchev–Trinajstić information content (AvgIpc) is 2.80. The number of hydrogen-bond acceptors (Lipinski definition) is 1. The van der Waals surface area contributed by atoms with Gasteiger partial charge < -0.3 is 0 Å². The minimum atomic E-state index is 0.659. The summed E-state index contributed by atoms with van der Waals surface area (Å²) in [6, 6.07) is 33.6. The Bertz CT molecular complexity index is 785. The molecule has 3 aromatic rings. The summed E-state index contributed by atoms with van der Waals surface area (Å²) in [7, 11) is 0. The molecule has 2 nitrogen and oxygen atoms in total. The number of benzene rings is 3. The zero-order valence-electron chi connectivity index (χ0n) is 17.3. The highest BCUT2D eigenvalue weighted by Gasteiger charge is 2.30. The van der Waals surface area contributed by atoms with Crippen LogP contribution in [0.4, 0.5) is 0 Å². The van der Waals surface area contributed by atoms with Crippen LogP contribution in [0.15, 0.2) is 91.0 Å². The van der Waals surface area contributed by atoms with E-state index in [9.17, 15) is 0 Å². The van der Waals surface area contributed by atoms with Crippen molar-refractivity contribution in [2.45, 2.75) is 57.8 Å². The van der Waals surface area contributed by atoms with Crippen molar-refractivity contribution in [2.75, 3.05) is 0 Å². The molecule has 1 fully saturated rings. The predicted octanol–water partition coefficient (Wildman–Crippen LogP) is 5.02. The van der Waals surface area contributed by atoms with Gasteiger partial charge in [-0.05, 0) is 18.4 Å². The highest BCUT2D eigenvalue weighted by Crippen LogP contribution is 2.22. The van der Waals surface area contributed by atoms with E-state index in [2.05, 4.69) is 96.0 Å². The van der Waals surface area contributed by atoms with E-state index in [1.54, 1.807) is 5.01 Å². The maximum Gasteiger partial charge on any atom is 0.121 e. The molecule has 0 amide bonds. The summed E-state index contributed by atoms with van der Waals surface area (Å²) < 4.78 is 0. The van der Waals surface area contributed by atoms with Crippen molar-refractivity contribution in [1.29, 1.82) is 0 Å². The van der Waals surface area contributed by atoms with Crippen molar-refractivity contribution < 1.29 is 5.01 Å². The molecule has 0 bridgehead atoms. The first-order valence-electron chi connectivity index (χ1n) is 11.1. The van der Waals surface area contributed by atoms with Gasteiger partial charge in [0.05, 0.1) is 12.6 Å². The first-order chi connectivity index (χ1) is 14.4. The van der Waals surface area contributed by atoms with Crippen molar-refractivity contribution >= 4 is 0 Å². The Kier molecular flexibility index (Phi) is 7.12. The highest BCUT2D eigenvalue weighted by molar-refractivity contribution is 5.16. The molecule has 0 atom stereocenters. The number of hydrogen-bond donors (Lipinski definition) is 1. The standard InChI is InChI=1S/C27H32N2/c1-5-13-24(14-6-1)21-28(22-25-15-7-2-8-16-25)29(27-19-11-4-12-20-27)23-26-17-9-3-10-18-26/h1-3,5-10,13-18,27H,4,11-12,19-23H2/p+1. The fourth-order valence-corrected chi connectivity index (χ4v) is 4.60. The average molecular weight is 386 g/mol. The maximum absolute atomic E-state index is 2.76. The lowest BCUT2D eigenvalue weighted by molar-refractivity contribution is -1.05. The summed E-state index contributed by atoms with van der Waals surface area (Å²) >= 11 is 0. The molecule has 0 aromatic heterocycles. The first-order valence-corrected chi connectivity index (χ1v) is 11.1. The molecule has 0 radical (unpaired) electrons. The Labute approximate surface area is 175 Å².